The van der Waals surface area contributed by atoms with E-state index in [-0.39, 0.29) is 5.82 Å². The summed E-state index contributed by atoms with van der Waals surface area (Å²) in [4.78, 5) is 11.4. The summed E-state index contributed by atoms with van der Waals surface area (Å²) >= 11 is 0. The molecule has 4 heteroatoms. The van der Waals surface area contributed by atoms with Crippen molar-refractivity contribution in [3.63, 3.8) is 0 Å². The van der Waals surface area contributed by atoms with Gasteiger partial charge in [-0.15, -0.1) is 0 Å². The molecule has 0 fully saturated rings. The Morgan fingerprint density at radius 1 is 1.40 bits per heavy atom. The number of carbonyl (C=O) groups excluding carboxylic acids is 1. The topological polar surface area (TPSA) is 38.3 Å². The summed E-state index contributed by atoms with van der Waals surface area (Å²) in [6, 6.07) is 4.99. The molecule has 0 spiro atoms. The molecule has 0 atom stereocenters. The Hall–Kier alpha value is -1.84. The molecule has 1 N–H and O–H groups in total. The van der Waals surface area contributed by atoms with Crippen molar-refractivity contribution in [2.75, 3.05) is 6.54 Å². The lowest BCUT2D eigenvalue weighted by atomic mass is 10.1. The van der Waals surface area contributed by atoms with Crippen LogP contribution in [0.4, 0.5) is 9.18 Å². The van der Waals surface area contributed by atoms with Crippen molar-refractivity contribution >= 4 is 12.2 Å². The normalized spacial score (nSPS) is 11.7. The SMILES string of the molecule is Cc1cccc(F)c1C=CCCNC(=O)OC(C)(C)C. The molecule has 0 unspecified atom stereocenters. The summed E-state index contributed by atoms with van der Waals surface area (Å²) in [5, 5.41) is 2.65. The number of carbonyl (C=O) groups is 1. The quantitative estimate of drug-likeness (QED) is 0.844. The predicted octanol–water partition coefficient (Wildman–Crippen LogP) is 4.06. The molecule has 0 saturated heterocycles. The van der Waals surface area contributed by atoms with E-state index in [1.54, 1.807) is 12.1 Å². The minimum absolute atomic E-state index is 0.235. The maximum absolute atomic E-state index is 13.5. The van der Waals surface area contributed by atoms with Crippen LogP contribution in [-0.4, -0.2) is 18.2 Å². The van der Waals surface area contributed by atoms with E-state index in [0.29, 0.717) is 18.5 Å². The summed E-state index contributed by atoms with van der Waals surface area (Å²) in [7, 11) is 0. The fourth-order valence-electron chi connectivity index (χ4n) is 1.63. The van der Waals surface area contributed by atoms with Gasteiger partial charge < -0.3 is 10.1 Å². The van der Waals surface area contributed by atoms with Crippen LogP contribution in [0, 0.1) is 12.7 Å². The number of amides is 1. The van der Waals surface area contributed by atoms with E-state index in [1.165, 1.54) is 6.07 Å². The number of benzene rings is 1. The first-order valence-corrected chi connectivity index (χ1v) is 6.68. The number of rotatable bonds is 4. The smallest absolute Gasteiger partial charge is 0.407 e. The number of nitrogens with one attached hydrogen (secondary N) is 1. The van der Waals surface area contributed by atoms with Gasteiger partial charge in [0.25, 0.3) is 0 Å². The van der Waals surface area contributed by atoms with Crippen molar-refractivity contribution in [2.45, 2.75) is 39.7 Å². The molecule has 0 aliphatic rings. The van der Waals surface area contributed by atoms with Crippen molar-refractivity contribution in [3.8, 4) is 0 Å². The highest BCUT2D eigenvalue weighted by atomic mass is 19.1. The van der Waals surface area contributed by atoms with Gasteiger partial charge in [-0.3, -0.25) is 0 Å². The van der Waals surface area contributed by atoms with E-state index in [2.05, 4.69) is 5.32 Å². The van der Waals surface area contributed by atoms with Crippen LogP contribution in [0.25, 0.3) is 6.08 Å². The average molecular weight is 279 g/mol. The molecule has 0 aromatic heterocycles. The Balaban J connectivity index is 2.38. The molecule has 0 aliphatic heterocycles. The van der Waals surface area contributed by atoms with Gasteiger partial charge in [-0.2, -0.15) is 0 Å². The van der Waals surface area contributed by atoms with Gasteiger partial charge in [-0.05, 0) is 45.7 Å². The summed E-state index contributed by atoms with van der Waals surface area (Å²) in [5.41, 5.74) is 0.982. The van der Waals surface area contributed by atoms with E-state index < -0.39 is 11.7 Å². The second kappa shape index (κ2) is 7.08. The van der Waals surface area contributed by atoms with Crippen LogP contribution in [0.2, 0.25) is 0 Å². The third-order valence-corrected chi connectivity index (χ3v) is 2.53. The third-order valence-electron chi connectivity index (χ3n) is 2.53. The van der Waals surface area contributed by atoms with Gasteiger partial charge in [0.05, 0.1) is 0 Å². The van der Waals surface area contributed by atoms with Crippen molar-refractivity contribution in [3.05, 3.63) is 41.2 Å². The van der Waals surface area contributed by atoms with E-state index in [4.69, 9.17) is 4.74 Å². The van der Waals surface area contributed by atoms with Gasteiger partial charge in [0.2, 0.25) is 0 Å². The number of alkyl carbamates (subject to hydrolysis) is 1. The maximum atomic E-state index is 13.5. The Morgan fingerprint density at radius 3 is 2.70 bits per heavy atom. The predicted molar refractivity (Wildman–Crippen MR) is 79.0 cm³/mol. The summed E-state index contributed by atoms with van der Waals surface area (Å²) in [5.74, 6) is -0.235. The number of ether oxygens (including phenoxy) is 1. The summed E-state index contributed by atoms with van der Waals surface area (Å²) in [6.45, 7) is 7.76. The van der Waals surface area contributed by atoms with Gasteiger partial charge >= 0.3 is 6.09 Å². The molecule has 0 aliphatic carbocycles. The lowest BCUT2D eigenvalue weighted by molar-refractivity contribution is 0.0529. The lowest BCUT2D eigenvalue weighted by Gasteiger charge is -2.19. The second-order valence-corrected chi connectivity index (χ2v) is 5.59. The second-order valence-electron chi connectivity index (χ2n) is 5.59. The van der Waals surface area contributed by atoms with Gasteiger partial charge in [0, 0.05) is 12.1 Å². The highest BCUT2D eigenvalue weighted by Crippen LogP contribution is 2.14. The zero-order valence-electron chi connectivity index (χ0n) is 12.5. The van der Waals surface area contributed by atoms with Crippen LogP contribution in [-0.2, 0) is 4.74 Å². The van der Waals surface area contributed by atoms with Gasteiger partial charge in [-0.25, -0.2) is 9.18 Å². The minimum atomic E-state index is -0.496. The molecule has 1 aromatic carbocycles. The van der Waals surface area contributed by atoms with Crippen LogP contribution in [0.1, 0.15) is 38.3 Å². The standard InChI is InChI=1S/C16H22FNO2/c1-12-8-7-10-14(17)13(12)9-5-6-11-18-15(19)20-16(2,3)4/h5,7-10H,6,11H2,1-4H3,(H,18,19). The Morgan fingerprint density at radius 2 is 2.10 bits per heavy atom. The summed E-state index contributed by atoms with van der Waals surface area (Å²) in [6.07, 6.45) is 3.75. The fourth-order valence-corrected chi connectivity index (χ4v) is 1.63. The van der Waals surface area contributed by atoms with Crippen molar-refractivity contribution in [1.82, 2.24) is 5.32 Å². The van der Waals surface area contributed by atoms with Crippen molar-refractivity contribution in [2.24, 2.45) is 0 Å². The van der Waals surface area contributed by atoms with Gasteiger partial charge in [-0.1, -0.05) is 24.3 Å². The summed E-state index contributed by atoms with van der Waals surface area (Å²) < 4.78 is 18.6. The first-order valence-electron chi connectivity index (χ1n) is 6.68. The first kappa shape index (κ1) is 16.2. The number of aryl methyl sites for hydroxylation is 1. The van der Waals surface area contributed by atoms with Crippen LogP contribution < -0.4 is 5.32 Å². The van der Waals surface area contributed by atoms with E-state index in [0.717, 1.165) is 5.56 Å². The van der Waals surface area contributed by atoms with Crippen LogP contribution >= 0.6 is 0 Å². The molecular weight excluding hydrogens is 257 g/mol. The van der Waals surface area contributed by atoms with Gasteiger partial charge in [0.15, 0.2) is 0 Å². The molecule has 0 radical (unpaired) electrons. The average Bonchev–Trinajstić information content (AvgIpc) is 2.29. The number of hydrogen-bond acceptors (Lipinski definition) is 2. The maximum Gasteiger partial charge on any atom is 0.407 e. The van der Waals surface area contributed by atoms with Crippen LogP contribution in [0.3, 0.4) is 0 Å². The van der Waals surface area contributed by atoms with E-state index >= 15 is 0 Å². The highest BCUT2D eigenvalue weighted by molar-refractivity contribution is 5.67. The van der Waals surface area contributed by atoms with E-state index in [9.17, 15) is 9.18 Å². The zero-order chi connectivity index (χ0) is 15.2. The molecule has 1 amide bonds. The fraction of sp³-hybridized carbons (Fsp3) is 0.438. The Labute approximate surface area is 119 Å². The molecule has 20 heavy (non-hydrogen) atoms. The number of hydrogen-bond donors (Lipinski definition) is 1. The monoisotopic (exact) mass is 279 g/mol. The molecule has 110 valence electrons. The highest BCUT2D eigenvalue weighted by Gasteiger charge is 2.15. The molecular formula is C16H22FNO2. The van der Waals surface area contributed by atoms with Gasteiger partial charge in [0.1, 0.15) is 11.4 Å². The molecule has 3 nitrogen and oxygen atoms in total. The molecule has 1 rings (SSSR count). The molecule has 0 saturated carbocycles. The minimum Gasteiger partial charge on any atom is -0.444 e. The molecule has 0 bridgehead atoms. The van der Waals surface area contributed by atoms with Crippen molar-refractivity contribution < 1.29 is 13.9 Å². The van der Waals surface area contributed by atoms with Crippen LogP contribution in [0.5, 0.6) is 0 Å². The van der Waals surface area contributed by atoms with Crippen LogP contribution in [0.15, 0.2) is 24.3 Å². The first-order chi connectivity index (χ1) is 9.29. The number of halogens is 1. The third kappa shape index (κ3) is 5.87. The largest absolute Gasteiger partial charge is 0.444 e. The van der Waals surface area contributed by atoms with Crippen molar-refractivity contribution in [1.29, 1.82) is 0 Å². The molecule has 1 aromatic rings. The lowest BCUT2D eigenvalue weighted by Crippen LogP contribution is -2.32. The Bertz CT molecular complexity index is 469. The molecule has 0 heterocycles. The van der Waals surface area contributed by atoms with E-state index in [1.807, 2.05) is 39.8 Å². The Kier molecular flexibility index (Phi) is 5.74. The zero-order valence-corrected chi connectivity index (χ0v) is 12.5.